The zero-order chi connectivity index (χ0) is 27.6. The lowest BCUT2D eigenvalue weighted by molar-refractivity contribution is -0.135. The van der Waals surface area contributed by atoms with Gasteiger partial charge >= 0.3 is 5.97 Å². The van der Waals surface area contributed by atoms with Gasteiger partial charge in [-0.2, -0.15) is 0 Å². The Kier molecular flexibility index (Phi) is 6.17. The Balaban J connectivity index is 1.51. The predicted molar refractivity (Wildman–Crippen MR) is 148 cm³/mol. The fraction of sp³-hybridized carbons (Fsp3) is 0.276. The van der Waals surface area contributed by atoms with Crippen LogP contribution in [0.3, 0.4) is 0 Å². The van der Waals surface area contributed by atoms with E-state index in [-0.39, 0.29) is 34.3 Å². The molecule has 4 aliphatic rings. The molecule has 2 aromatic carbocycles. The van der Waals surface area contributed by atoms with Gasteiger partial charge in [0.1, 0.15) is 11.4 Å². The molecule has 6 rings (SSSR count). The number of hydrogen-bond donors (Lipinski definition) is 3. The van der Waals surface area contributed by atoms with E-state index in [0.29, 0.717) is 34.8 Å². The van der Waals surface area contributed by atoms with Crippen molar-refractivity contribution in [3.8, 4) is 0 Å². The Morgan fingerprint density at radius 1 is 1.26 bits per heavy atom. The second kappa shape index (κ2) is 9.33. The molecule has 39 heavy (non-hydrogen) atoms. The number of nitrogens with zero attached hydrogens (tertiary/aromatic N) is 1. The van der Waals surface area contributed by atoms with Gasteiger partial charge in [0.2, 0.25) is 5.91 Å². The van der Waals surface area contributed by atoms with Gasteiger partial charge in [0.05, 0.1) is 29.5 Å². The molecule has 10 heteroatoms. The maximum absolute atomic E-state index is 15.8. The number of nitrogens with one attached hydrogen (secondary N) is 3. The van der Waals surface area contributed by atoms with E-state index < -0.39 is 23.2 Å². The fourth-order valence-electron chi connectivity index (χ4n) is 6.79. The lowest BCUT2D eigenvalue weighted by Gasteiger charge is -2.39. The largest absolute Gasteiger partial charge is 0.465 e. The summed E-state index contributed by atoms with van der Waals surface area (Å²) in [5.74, 6) is -1.97. The number of allylic oxidation sites excluding steroid dienone is 3. The van der Waals surface area contributed by atoms with E-state index in [9.17, 15) is 9.59 Å². The summed E-state index contributed by atoms with van der Waals surface area (Å²) in [5, 5.41) is 15.6. The maximum atomic E-state index is 15.8. The highest BCUT2D eigenvalue weighted by Gasteiger charge is 2.68. The molecule has 3 N–H and O–H groups in total. The van der Waals surface area contributed by atoms with Gasteiger partial charge in [-0.1, -0.05) is 54.4 Å². The minimum atomic E-state index is -1.20. The number of methoxy groups -OCH3 is 1. The molecule has 0 aromatic heterocycles. The molecule has 200 valence electrons. The molecule has 7 nitrogen and oxygen atoms in total. The Bertz CT molecular complexity index is 1550. The van der Waals surface area contributed by atoms with Gasteiger partial charge in [-0.25, -0.2) is 9.18 Å². The molecule has 1 aliphatic carbocycles. The van der Waals surface area contributed by atoms with Crippen molar-refractivity contribution < 1.29 is 18.7 Å². The number of anilines is 1. The third kappa shape index (κ3) is 3.62. The summed E-state index contributed by atoms with van der Waals surface area (Å²) in [4.78, 5) is 28.1. The van der Waals surface area contributed by atoms with E-state index >= 15 is 4.39 Å². The highest BCUT2D eigenvalue weighted by atomic mass is 35.5. The van der Waals surface area contributed by atoms with Crippen molar-refractivity contribution in [1.29, 1.82) is 5.41 Å². The number of carbonyl (C=O) groups is 2. The average molecular weight is 567 g/mol. The molecule has 0 bridgehead atoms. The van der Waals surface area contributed by atoms with Gasteiger partial charge in [-0.3, -0.25) is 9.69 Å². The van der Waals surface area contributed by atoms with Crippen LogP contribution in [0, 0.1) is 11.2 Å². The molecule has 0 radical (unpaired) electrons. The standard InChI is InChI=1S/C29H25Cl2FN4O3/c1-3-36-23-13-21(16-9-7-14(11-20(16)33)27(37)39-2)34-26(23)24(17-5-4-6-19(31)25(17)32)29(36)18-10-8-15(30)12-22(18)35-28(29)38/h4-12,23-24,26,33-34H,3,13H2,1-2H3,(H,35,38)/b21-16-,33-20?/t23?,24-,26+,29+/m0/s1. The van der Waals surface area contributed by atoms with Gasteiger partial charge < -0.3 is 20.8 Å². The van der Waals surface area contributed by atoms with Crippen LogP contribution in [0.15, 0.2) is 71.5 Å². The third-order valence-electron chi connectivity index (χ3n) is 8.24. The fourth-order valence-corrected chi connectivity index (χ4v) is 7.15. The van der Waals surface area contributed by atoms with Crippen LogP contribution in [0.4, 0.5) is 10.1 Å². The third-order valence-corrected chi connectivity index (χ3v) is 8.77. The molecule has 3 aliphatic heterocycles. The zero-order valence-corrected chi connectivity index (χ0v) is 22.7. The quantitative estimate of drug-likeness (QED) is 0.451. The number of amides is 1. The van der Waals surface area contributed by atoms with E-state index in [1.165, 1.54) is 19.3 Å². The first-order valence-corrected chi connectivity index (χ1v) is 13.4. The van der Waals surface area contributed by atoms with Crippen LogP contribution in [0.25, 0.3) is 0 Å². The Hall–Kier alpha value is -3.46. The second-order valence-corrected chi connectivity index (χ2v) is 10.8. The predicted octanol–water partition coefficient (Wildman–Crippen LogP) is 5.07. The van der Waals surface area contributed by atoms with Gasteiger partial charge in [-0.05, 0) is 42.5 Å². The van der Waals surface area contributed by atoms with Crippen LogP contribution >= 0.6 is 23.2 Å². The van der Waals surface area contributed by atoms with Crippen molar-refractivity contribution in [3.63, 3.8) is 0 Å². The summed E-state index contributed by atoms with van der Waals surface area (Å²) in [6.45, 7) is 2.50. The van der Waals surface area contributed by atoms with Gasteiger partial charge in [0, 0.05) is 45.9 Å². The molecule has 1 unspecified atom stereocenters. The molecule has 2 aromatic rings. The summed E-state index contributed by atoms with van der Waals surface area (Å²) in [7, 11) is 1.30. The molecule has 2 fully saturated rings. The smallest absolute Gasteiger partial charge is 0.337 e. The van der Waals surface area contributed by atoms with E-state index in [0.717, 1.165) is 11.3 Å². The second-order valence-electron chi connectivity index (χ2n) is 9.99. The molecule has 0 saturated carbocycles. The van der Waals surface area contributed by atoms with Crippen LogP contribution in [0.5, 0.6) is 0 Å². The number of ether oxygens (including phenoxy) is 1. The Morgan fingerprint density at radius 3 is 2.77 bits per heavy atom. The molecule has 2 saturated heterocycles. The average Bonchev–Trinajstić information content (AvgIpc) is 3.54. The van der Waals surface area contributed by atoms with E-state index in [4.69, 9.17) is 33.3 Å². The minimum absolute atomic E-state index is 0.0158. The summed E-state index contributed by atoms with van der Waals surface area (Å²) < 4.78 is 20.6. The van der Waals surface area contributed by atoms with Crippen molar-refractivity contribution in [2.45, 2.75) is 36.9 Å². The maximum Gasteiger partial charge on any atom is 0.337 e. The molecule has 4 atom stereocenters. The molecule has 1 spiro atoms. The van der Waals surface area contributed by atoms with Gasteiger partial charge in [0.15, 0.2) is 0 Å². The van der Waals surface area contributed by atoms with Crippen molar-refractivity contribution >= 4 is 46.5 Å². The number of likely N-dealkylation sites (tertiary alicyclic amines) is 1. The van der Waals surface area contributed by atoms with E-state index in [1.54, 1.807) is 36.4 Å². The highest BCUT2D eigenvalue weighted by Crippen LogP contribution is 2.59. The van der Waals surface area contributed by atoms with Crippen LogP contribution < -0.4 is 10.6 Å². The normalized spacial score (nSPS) is 29.3. The van der Waals surface area contributed by atoms with E-state index in [1.807, 2.05) is 13.0 Å². The number of benzene rings is 2. The summed E-state index contributed by atoms with van der Waals surface area (Å²) in [5.41, 5.74) is 2.37. The van der Waals surface area contributed by atoms with Crippen molar-refractivity contribution in [3.05, 3.63) is 98.5 Å². The van der Waals surface area contributed by atoms with Crippen LogP contribution in [-0.2, 0) is 19.9 Å². The number of halogens is 3. The monoisotopic (exact) mass is 566 g/mol. The summed E-state index contributed by atoms with van der Waals surface area (Å²) in [6.07, 6.45) is 5.32. The van der Waals surface area contributed by atoms with Gasteiger partial charge in [0.25, 0.3) is 0 Å². The minimum Gasteiger partial charge on any atom is -0.465 e. The summed E-state index contributed by atoms with van der Waals surface area (Å²) in [6, 6.07) is 9.61. The molecular formula is C29H25Cl2FN4O3. The number of hydrogen-bond acceptors (Lipinski definition) is 6. The highest BCUT2D eigenvalue weighted by molar-refractivity contribution is 6.31. The SMILES string of the molecule is CCN1C2C/C(=C3\C=CC(C(=O)OC)=CC3=N)N[C@H]2[C@H](c2cccc(Cl)c2F)[C@]12C(=O)Nc1cc(Cl)ccc12. The molecular weight excluding hydrogens is 542 g/mol. The topological polar surface area (TPSA) is 94.5 Å². The van der Waals surface area contributed by atoms with Crippen LogP contribution in [-0.4, -0.2) is 48.2 Å². The van der Waals surface area contributed by atoms with E-state index in [2.05, 4.69) is 15.5 Å². The lowest BCUT2D eigenvalue weighted by Crippen LogP contribution is -2.52. The van der Waals surface area contributed by atoms with Crippen LogP contribution in [0.2, 0.25) is 10.0 Å². The first kappa shape index (κ1) is 25.8. The first-order valence-electron chi connectivity index (χ1n) is 12.6. The molecule has 1 amide bonds. The number of rotatable bonds is 3. The number of fused-ring (bicyclic) bond motifs is 3. The number of esters is 1. The zero-order valence-electron chi connectivity index (χ0n) is 21.1. The van der Waals surface area contributed by atoms with Crippen molar-refractivity contribution in [1.82, 2.24) is 10.2 Å². The number of carbonyl (C=O) groups excluding carboxylic acids is 2. The van der Waals surface area contributed by atoms with Gasteiger partial charge in [-0.15, -0.1) is 0 Å². The van der Waals surface area contributed by atoms with Crippen LogP contribution in [0.1, 0.15) is 30.4 Å². The first-order chi connectivity index (χ1) is 18.7. The Morgan fingerprint density at radius 2 is 2.05 bits per heavy atom. The van der Waals surface area contributed by atoms with Crippen molar-refractivity contribution in [2.75, 3.05) is 19.0 Å². The van der Waals surface area contributed by atoms with Crippen molar-refractivity contribution in [2.24, 2.45) is 0 Å². The number of likely N-dealkylation sites (N-methyl/N-ethyl adjacent to an activating group) is 1. The molecule has 3 heterocycles. The Labute approximate surface area is 234 Å². The lowest BCUT2D eigenvalue weighted by atomic mass is 9.73. The summed E-state index contributed by atoms with van der Waals surface area (Å²) >= 11 is 12.5.